The first-order chi connectivity index (χ1) is 6.52. The Balaban J connectivity index is 0.000000500. The summed E-state index contributed by atoms with van der Waals surface area (Å²) in [6.07, 6.45) is 0. The number of rotatable bonds is 2. The van der Waals surface area contributed by atoms with Crippen molar-refractivity contribution in [3.05, 3.63) is 23.7 Å². The molecule has 0 saturated heterocycles. The molecule has 0 saturated carbocycles. The van der Waals surface area contributed by atoms with Crippen molar-refractivity contribution in [1.82, 2.24) is 0 Å². The second-order valence-corrected chi connectivity index (χ2v) is 2.39. The van der Waals surface area contributed by atoms with Crippen LogP contribution in [0.3, 0.4) is 0 Å². The summed E-state index contributed by atoms with van der Waals surface area (Å²) in [5.41, 5.74) is 0. The van der Waals surface area contributed by atoms with E-state index in [2.05, 4.69) is 0 Å². The van der Waals surface area contributed by atoms with E-state index in [4.69, 9.17) is 14.5 Å². The Hall–Kier alpha value is -1.40. The molecule has 75 valence electrons. The average Bonchev–Trinajstić information content (AvgIpc) is 2.53. The summed E-state index contributed by atoms with van der Waals surface area (Å²) in [5, 5.41) is 14.0. The quantitative estimate of drug-likeness (QED) is 0.521. The molecule has 0 unspecified atom stereocenters. The summed E-state index contributed by atoms with van der Waals surface area (Å²) < 4.78 is 4.91. The molecule has 2 N–H and O–H groups in total. The van der Waals surface area contributed by atoms with Gasteiger partial charge in [-0.3, -0.25) is 9.59 Å². The molecule has 0 spiro atoms. The van der Waals surface area contributed by atoms with Crippen molar-refractivity contribution >= 4 is 19.3 Å². The van der Waals surface area contributed by atoms with Gasteiger partial charge in [-0.1, -0.05) is 0 Å². The summed E-state index contributed by atoms with van der Waals surface area (Å²) in [5.74, 6) is 0.125. The van der Waals surface area contributed by atoms with Gasteiger partial charge in [-0.25, -0.2) is 0 Å². The molecule has 6 heteroatoms. The Morgan fingerprint density at radius 2 is 1.43 bits per heavy atom. The molecule has 0 atom stereocenters. The van der Waals surface area contributed by atoms with Crippen LogP contribution in [0.1, 0.15) is 35.0 Å². The van der Waals surface area contributed by atoms with Crippen molar-refractivity contribution in [3.8, 4) is 0 Å². The highest BCUT2D eigenvalue weighted by Crippen LogP contribution is 2.08. The molecule has 1 aromatic heterocycles. The van der Waals surface area contributed by atoms with E-state index in [1.54, 1.807) is 0 Å². The molecule has 14 heavy (non-hydrogen) atoms. The smallest absolute Gasteiger partial charge is 0.450 e. The highest BCUT2D eigenvalue weighted by molar-refractivity contribution is 6.13. The minimum Gasteiger partial charge on any atom is -0.450 e. The molecule has 1 radical (unpaired) electrons. The van der Waals surface area contributed by atoms with E-state index in [9.17, 15) is 9.59 Å². The average molecular weight is 197 g/mol. The molecule has 0 bridgehead atoms. The molecule has 0 aliphatic carbocycles. The molecular weight excluding hydrogens is 187 g/mol. The molecule has 1 rings (SSSR count). The fraction of sp³-hybridized carbons (Fsp3) is 0.250. The van der Waals surface area contributed by atoms with Crippen molar-refractivity contribution in [2.24, 2.45) is 0 Å². The van der Waals surface area contributed by atoms with Crippen LogP contribution in [0.5, 0.6) is 0 Å². The summed E-state index contributed by atoms with van der Waals surface area (Å²) in [6.45, 7) is 2.78. The Bertz CT molecular complexity index is 289. The maximum atomic E-state index is 10.7. The summed E-state index contributed by atoms with van der Waals surface area (Å²) in [4.78, 5) is 21.4. The molecule has 0 fully saturated rings. The lowest BCUT2D eigenvalue weighted by molar-refractivity contribution is 0.0964. The zero-order valence-electron chi connectivity index (χ0n) is 7.85. The Morgan fingerprint density at radius 3 is 1.57 bits per heavy atom. The maximum Gasteiger partial charge on any atom is 0.482 e. The number of hydrogen-bond acceptors (Lipinski definition) is 5. The summed E-state index contributed by atoms with van der Waals surface area (Å²) >= 11 is 0. The number of ketones is 2. The van der Waals surface area contributed by atoms with Crippen LogP contribution >= 0.6 is 0 Å². The third-order valence-electron chi connectivity index (χ3n) is 1.30. The molecule has 1 aromatic rings. The number of Topliss-reactive ketones (excluding diaryl/α,β-unsaturated/α-hetero) is 2. The molecule has 1 heterocycles. The standard InChI is InChI=1S/C8H8O3.BH2O2/c1-5(9)7-3-4-8(11-7)6(2)10;2-1-3/h3-4H,1-2H3;2-3H. The topological polar surface area (TPSA) is 87.7 Å². The van der Waals surface area contributed by atoms with Crippen molar-refractivity contribution in [3.63, 3.8) is 0 Å². The fourth-order valence-electron chi connectivity index (χ4n) is 0.716. The van der Waals surface area contributed by atoms with Gasteiger partial charge < -0.3 is 14.5 Å². The van der Waals surface area contributed by atoms with E-state index in [-0.39, 0.29) is 30.8 Å². The van der Waals surface area contributed by atoms with Crippen molar-refractivity contribution in [1.29, 1.82) is 0 Å². The van der Waals surface area contributed by atoms with Crippen LogP contribution in [0.15, 0.2) is 16.5 Å². The van der Waals surface area contributed by atoms with Gasteiger partial charge >= 0.3 is 7.69 Å². The molecule has 0 amide bonds. The first kappa shape index (κ1) is 12.6. The number of hydrogen-bond donors (Lipinski definition) is 2. The first-order valence-electron chi connectivity index (χ1n) is 3.74. The van der Waals surface area contributed by atoms with E-state index in [1.807, 2.05) is 0 Å². The van der Waals surface area contributed by atoms with Gasteiger partial charge in [0, 0.05) is 13.8 Å². The predicted molar refractivity (Wildman–Crippen MR) is 48.9 cm³/mol. The number of furan rings is 1. The molecule has 0 aliphatic heterocycles. The van der Waals surface area contributed by atoms with Gasteiger partial charge in [-0.15, -0.1) is 0 Å². The lowest BCUT2D eigenvalue weighted by atomic mass is 10.3. The van der Waals surface area contributed by atoms with E-state index < -0.39 is 0 Å². The van der Waals surface area contributed by atoms with E-state index in [0.29, 0.717) is 0 Å². The zero-order valence-corrected chi connectivity index (χ0v) is 7.85. The fourth-order valence-corrected chi connectivity index (χ4v) is 0.716. The maximum absolute atomic E-state index is 10.7. The van der Waals surface area contributed by atoms with Crippen molar-refractivity contribution in [2.75, 3.05) is 0 Å². The summed E-state index contributed by atoms with van der Waals surface area (Å²) in [7, 11) is 0. The van der Waals surface area contributed by atoms with Gasteiger partial charge in [0.05, 0.1) is 0 Å². The lowest BCUT2D eigenvalue weighted by Crippen LogP contribution is -1.89. The molecule has 0 aromatic carbocycles. The normalized spacial score (nSPS) is 8.57. The van der Waals surface area contributed by atoms with Gasteiger partial charge in [-0.05, 0) is 12.1 Å². The van der Waals surface area contributed by atoms with Gasteiger partial charge in [0.15, 0.2) is 23.1 Å². The number of carbonyl (C=O) groups excluding carboxylic acids is 2. The van der Waals surface area contributed by atoms with Crippen molar-refractivity contribution < 1.29 is 24.1 Å². The van der Waals surface area contributed by atoms with E-state index >= 15 is 0 Å². The SMILES string of the molecule is CC(=O)c1ccc(C(C)=O)o1.O[B]O. The van der Waals surface area contributed by atoms with Crippen LogP contribution in [0.25, 0.3) is 0 Å². The molecule has 0 aliphatic rings. The van der Waals surface area contributed by atoms with Gasteiger partial charge in [0.2, 0.25) is 0 Å². The van der Waals surface area contributed by atoms with E-state index in [0.717, 1.165) is 0 Å². The second kappa shape index (κ2) is 6.12. The predicted octanol–water partition coefficient (Wildman–Crippen LogP) is 0.190. The van der Waals surface area contributed by atoms with Crippen LogP contribution < -0.4 is 0 Å². The largest absolute Gasteiger partial charge is 0.482 e. The minimum atomic E-state index is -0.169. The van der Waals surface area contributed by atoms with Gasteiger partial charge in [-0.2, -0.15) is 0 Å². The van der Waals surface area contributed by atoms with Crippen LogP contribution in [0.4, 0.5) is 0 Å². The van der Waals surface area contributed by atoms with Crippen LogP contribution in [0.2, 0.25) is 0 Å². The highest BCUT2D eigenvalue weighted by Gasteiger charge is 2.08. The third-order valence-corrected chi connectivity index (χ3v) is 1.30. The molecule has 5 nitrogen and oxygen atoms in total. The van der Waals surface area contributed by atoms with Crippen LogP contribution in [-0.2, 0) is 0 Å². The lowest BCUT2D eigenvalue weighted by Gasteiger charge is -1.86. The first-order valence-corrected chi connectivity index (χ1v) is 3.74. The Morgan fingerprint density at radius 1 is 1.14 bits per heavy atom. The van der Waals surface area contributed by atoms with Gasteiger partial charge in [0.1, 0.15) is 0 Å². The monoisotopic (exact) mass is 197 g/mol. The highest BCUT2D eigenvalue weighted by atomic mass is 16.4. The van der Waals surface area contributed by atoms with Crippen molar-refractivity contribution in [2.45, 2.75) is 13.8 Å². The van der Waals surface area contributed by atoms with E-state index in [1.165, 1.54) is 26.0 Å². The van der Waals surface area contributed by atoms with Gasteiger partial charge in [0.25, 0.3) is 0 Å². The number of carbonyl (C=O) groups is 2. The Labute approximate surface area is 81.7 Å². The molecular formula is C8H10BO5. The summed E-state index contributed by atoms with van der Waals surface area (Å²) in [6, 6.07) is 3.00. The second-order valence-electron chi connectivity index (χ2n) is 2.39. The van der Waals surface area contributed by atoms with Crippen LogP contribution in [0, 0.1) is 0 Å². The third kappa shape index (κ3) is 4.02. The van der Waals surface area contributed by atoms with Crippen LogP contribution in [-0.4, -0.2) is 29.3 Å². The zero-order chi connectivity index (χ0) is 11.1. The Kier molecular flexibility index (Phi) is 5.51. The minimum absolute atomic E-state index is 0.